The van der Waals surface area contributed by atoms with Crippen LogP contribution in [0, 0.1) is 12.7 Å². The monoisotopic (exact) mass is 429 g/mol. The maximum Gasteiger partial charge on any atom is 0.265 e. The molecule has 0 fully saturated rings. The molecular weight excluding hydrogens is 409 g/mol. The van der Waals surface area contributed by atoms with Crippen molar-refractivity contribution in [1.29, 1.82) is 0 Å². The molecule has 0 amide bonds. The van der Waals surface area contributed by atoms with Crippen LogP contribution in [0.2, 0.25) is 0 Å². The molecule has 0 spiro atoms. The highest BCUT2D eigenvalue weighted by molar-refractivity contribution is 7.92. The Morgan fingerprint density at radius 2 is 1.90 bits per heavy atom. The van der Waals surface area contributed by atoms with E-state index in [0.717, 1.165) is 23.8 Å². The molecule has 3 rings (SSSR count). The molecule has 9 heteroatoms. The molecule has 0 aliphatic rings. The van der Waals surface area contributed by atoms with Crippen molar-refractivity contribution in [3.63, 3.8) is 0 Å². The van der Waals surface area contributed by atoms with E-state index in [1.165, 1.54) is 14.0 Å². The first kappa shape index (κ1) is 21.4. The van der Waals surface area contributed by atoms with Crippen molar-refractivity contribution < 1.29 is 22.3 Å². The van der Waals surface area contributed by atoms with Crippen LogP contribution in [0.15, 0.2) is 53.7 Å². The van der Waals surface area contributed by atoms with Gasteiger partial charge in [0, 0.05) is 36.1 Å². The number of aryl methyl sites for hydroxylation is 1. The number of Topliss-reactive ketones (excluding diaryl/α,β-unsaturated/α-hetero) is 1. The summed E-state index contributed by atoms with van der Waals surface area (Å²) in [4.78, 5) is 19.6. The largest absolute Gasteiger partial charge is 0.495 e. The maximum absolute atomic E-state index is 13.4. The Morgan fingerprint density at radius 3 is 2.60 bits per heavy atom. The number of aromatic nitrogens is 2. The fourth-order valence-electron chi connectivity index (χ4n) is 2.87. The van der Waals surface area contributed by atoms with Gasteiger partial charge in [-0.1, -0.05) is 0 Å². The Bertz CT molecular complexity index is 1210. The topological polar surface area (TPSA) is 98.3 Å². The molecule has 3 aromatic rings. The summed E-state index contributed by atoms with van der Waals surface area (Å²) in [7, 11) is -2.79. The Hall–Kier alpha value is -3.33. The van der Waals surface area contributed by atoms with Crippen LogP contribution >= 0.6 is 0 Å². The van der Waals surface area contributed by atoms with Gasteiger partial charge in [-0.25, -0.2) is 12.8 Å². The number of rotatable bonds is 7. The second-order valence-electron chi connectivity index (χ2n) is 6.67. The number of halogens is 1. The molecule has 2 aromatic heterocycles. The summed E-state index contributed by atoms with van der Waals surface area (Å²) in [5.41, 5.74) is 2.73. The first-order valence-corrected chi connectivity index (χ1v) is 10.5. The zero-order valence-corrected chi connectivity index (χ0v) is 17.5. The van der Waals surface area contributed by atoms with Gasteiger partial charge in [-0.2, -0.15) is 0 Å². The van der Waals surface area contributed by atoms with Gasteiger partial charge in [0.2, 0.25) is 0 Å². The fraction of sp³-hybridized carbons (Fsp3) is 0.190. The molecule has 0 aliphatic heterocycles. The average molecular weight is 429 g/mol. The quantitative estimate of drug-likeness (QED) is 0.617. The predicted octanol–water partition coefficient (Wildman–Crippen LogP) is 3.53. The summed E-state index contributed by atoms with van der Waals surface area (Å²) in [6.45, 7) is 3.15. The Kier molecular flexibility index (Phi) is 6.12. The third-order valence-corrected chi connectivity index (χ3v) is 5.73. The van der Waals surface area contributed by atoms with E-state index in [9.17, 15) is 17.6 Å². The highest BCUT2D eigenvalue weighted by atomic mass is 32.2. The smallest absolute Gasteiger partial charge is 0.265 e. The molecule has 7 nitrogen and oxygen atoms in total. The van der Waals surface area contributed by atoms with Gasteiger partial charge < -0.3 is 4.74 Å². The van der Waals surface area contributed by atoms with Gasteiger partial charge in [0.05, 0.1) is 18.5 Å². The summed E-state index contributed by atoms with van der Waals surface area (Å²) in [5.74, 6) is -0.722. The van der Waals surface area contributed by atoms with Crippen molar-refractivity contribution in [2.45, 2.75) is 25.2 Å². The number of carbonyl (C=O) groups excluding carboxylic acids is 1. The number of sulfonamides is 1. The van der Waals surface area contributed by atoms with E-state index in [2.05, 4.69) is 14.7 Å². The van der Waals surface area contributed by atoms with Gasteiger partial charge in [-0.3, -0.25) is 19.5 Å². The van der Waals surface area contributed by atoms with Crippen LogP contribution in [0.25, 0.3) is 11.1 Å². The second-order valence-corrected chi connectivity index (χ2v) is 8.32. The van der Waals surface area contributed by atoms with Crippen LogP contribution in [0.3, 0.4) is 0 Å². The molecule has 0 saturated heterocycles. The summed E-state index contributed by atoms with van der Waals surface area (Å²) in [6, 6.07) is 8.34. The van der Waals surface area contributed by atoms with Crippen LogP contribution in [0.4, 0.5) is 10.1 Å². The highest BCUT2D eigenvalue weighted by Gasteiger charge is 2.21. The predicted molar refractivity (Wildman–Crippen MR) is 110 cm³/mol. The lowest BCUT2D eigenvalue weighted by Crippen LogP contribution is -2.15. The number of anilines is 1. The molecule has 2 heterocycles. The zero-order chi connectivity index (χ0) is 21.9. The van der Waals surface area contributed by atoms with Crippen molar-refractivity contribution in [1.82, 2.24) is 9.97 Å². The maximum atomic E-state index is 13.4. The van der Waals surface area contributed by atoms with E-state index in [1.54, 1.807) is 37.5 Å². The van der Waals surface area contributed by atoms with E-state index in [1.807, 2.05) is 0 Å². The van der Waals surface area contributed by atoms with Gasteiger partial charge in [0.25, 0.3) is 10.0 Å². The van der Waals surface area contributed by atoms with Crippen LogP contribution in [0.1, 0.15) is 18.3 Å². The van der Waals surface area contributed by atoms with Crippen molar-refractivity contribution in [2.75, 3.05) is 11.8 Å². The van der Waals surface area contributed by atoms with Gasteiger partial charge in [0.1, 0.15) is 22.2 Å². The van der Waals surface area contributed by atoms with E-state index in [0.29, 0.717) is 17.0 Å². The van der Waals surface area contributed by atoms with Gasteiger partial charge in [0.15, 0.2) is 0 Å². The number of methoxy groups -OCH3 is 1. The molecule has 30 heavy (non-hydrogen) atoms. The van der Waals surface area contributed by atoms with E-state index in [4.69, 9.17) is 4.74 Å². The van der Waals surface area contributed by atoms with Gasteiger partial charge in [-0.15, -0.1) is 0 Å². The summed E-state index contributed by atoms with van der Waals surface area (Å²) in [5, 5.41) is 0. The zero-order valence-electron chi connectivity index (χ0n) is 16.6. The number of nitrogens with zero attached hydrogens (tertiary/aromatic N) is 2. The van der Waals surface area contributed by atoms with Crippen LogP contribution in [-0.2, 0) is 21.2 Å². The molecular formula is C21H20FN3O4S. The third-order valence-electron chi connectivity index (χ3n) is 4.33. The minimum Gasteiger partial charge on any atom is -0.495 e. The minimum atomic E-state index is -4.06. The van der Waals surface area contributed by atoms with Crippen molar-refractivity contribution in [3.05, 3.63) is 66.0 Å². The van der Waals surface area contributed by atoms with Crippen LogP contribution in [-0.4, -0.2) is 31.3 Å². The van der Waals surface area contributed by atoms with Crippen LogP contribution in [0.5, 0.6) is 5.75 Å². The molecule has 0 bridgehead atoms. The van der Waals surface area contributed by atoms with Crippen LogP contribution < -0.4 is 9.46 Å². The average Bonchev–Trinajstić information content (AvgIpc) is 2.69. The number of hydrogen-bond acceptors (Lipinski definition) is 6. The molecule has 0 saturated carbocycles. The number of ether oxygens (including phenoxy) is 1. The van der Waals surface area contributed by atoms with Crippen molar-refractivity contribution >= 4 is 21.5 Å². The molecule has 1 aromatic carbocycles. The van der Waals surface area contributed by atoms with Crippen molar-refractivity contribution in [3.8, 4) is 16.9 Å². The fourth-order valence-corrected chi connectivity index (χ4v) is 4.13. The van der Waals surface area contributed by atoms with Crippen molar-refractivity contribution in [2.24, 2.45) is 0 Å². The molecule has 0 atom stereocenters. The third kappa shape index (κ3) is 4.80. The molecule has 0 aliphatic carbocycles. The normalized spacial score (nSPS) is 11.2. The Balaban J connectivity index is 1.98. The first-order valence-electron chi connectivity index (χ1n) is 8.97. The number of pyridine rings is 2. The van der Waals surface area contributed by atoms with Gasteiger partial charge >= 0.3 is 0 Å². The van der Waals surface area contributed by atoms with E-state index < -0.39 is 15.8 Å². The SMILES string of the molecule is COc1cc(F)ccc1S(=O)(=O)Nc1cc(-c2ccnc(CC(C)=O)c2)cnc1C. The number of hydrogen-bond donors (Lipinski definition) is 1. The summed E-state index contributed by atoms with van der Waals surface area (Å²) < 4.78 is 46.7. The number of carbonyl (C=O) groups is 1. The minimum absolute atomic E-state index is 0.0108. The Labute approximate surface area is 174 Å². The summed E-state index contributed by atoms with van der Waals surface area (Å²) in [6.07, 6.45) is 3.40. The second kappa shape index (κ2) is 8.58. The lowest BCUT2D eigenvalue weighted by molar-refractivity contribution is -0.116. The standard InChI is InChI=1S/C21H20FN3O4S/c1-13(26)8-18-9-15(6-7-23-18)16-10-19(14(2)24-12-16)25-30(27,28)21-5-4-17(22)11-20(21)29-3/h4-7,9-12,25H,8H2,1-3H3. The van der Waals surface area contributed by atoms with Gasteiger partial charge in [-0.05, 0) is 49.7 Å². The number of ketones is 1. The highest BCUT2D eigenvalue weighted by Crippen LogP contribution is 2.29. The molecule has 0 radical (unpaired) electrons. The summed E-state index contributed by atoms with van der Waals surface area (Å²) >= 11 is 0. The lowest BCUT2D eigenvalue weighted by atomic mass is 10.1. The number of nitrogens with one attached hydrogen (secondary N) is 1. The van der Waals surface area contributed by atoms with E-state index in [-0.39, 0.29) is 28.5 Å². The first-order chi connectivity index (χ1) is 14.2. The molecule has 156 valence electrons. The Morgan fingerprint density at radius 1 is 1.13 bits per heavy atom. The molecule has 0 unspecified atom stereocenters. The lowest BCUT2D eigenvalue weighted by Gasteiger charge is -2.14. The molecule has 1 N–H and O–H groups in total. The number of benzene rings is 1. The van der Waals surface area contributed by atoms with E-state index >= 15 is 0 Å².